The molecule has 2 aromatic heterocycles. The van der Waals surface area contributed by atoms with Crippen LogP contribution in [0.3, 0.4) is 0 Å². The van der Waals surface area contributed by atoms with Crippen LogP contribution in [0.25, 0.3) is 5.52 Å². The van der Waals surface area contributed by atoms with Gasteiger partial charge in [0.25, 0.3) is 0 Å². The summed E-state index contributed by atoms with van der Waals surface area (Å²) in [5, 5.41) is 35.7. The number of nitrogens with zero attached hydrogens (tertiary/aromatic N) is 4. The largest absolute Gasteiger partial charge is 0.428 e. The molecule has 1 aliphatic heterocycles. The van der Waals surface area contributed by atoms with E-state index in [0.717, 1.165) is 6.33 Å². The molecule has 3 N–H and O–H groups in total. The Labute approximate surface area is 158 Å². The van der Waals surface area contributed by atoms with Gasteiger partial charge >= 0.3 is 12.1 Å². The van der Waals surface area contributed by atoms with Crippen LogP contribution in [0, 0.1) is 17.8 Å². The van der Waals surface area contributed by atoms with Crippen LogP contribution in [0.15, 0.2) is 18.5 Å². The molecule has 0 aliphatic carbocycles. The number of ether oxygens (including phenoxy) is 3. The molecule has 3 rings (SSSR count). The van der Waals surface area contributed by atoms with E-state index in [2.05, 4.69) is 24.9 Å². The van der Waals surface area contributed by atoms with E-state index in [-0.39, 0.29) is 11.5 Å². The quantitative estimate of drug-likeness (QED) is 0.446. The second kappa shape index (κ2) is 7.77. The number of aromatic nitrogens is 3. The molecule has 3 heterocycles. The van der Waals surface area contributed by atoms with Gasteiger partial charge in [0.05, 0.1) is 18.4 Å². The molecule has 147 valence electrons. The van der Waals surface area contributed by atoms with E-state index in [1.807, 2.05) is 6.07 Å². The molecular formula is C16H16N5O7. The Balaban J connectivity index is 1.88. The monoisotopic (exact) mass is 390 g/mol. The number of nitriles is 1. The van der Waals surface area contributed by atoms with E-state index in [1.165, 1.54) is 30.0 Å². The number of hydrogen-bond donors (Lipinski definition) is 3. The smallest absolute Gasteiger partial charge is 0.415 e. The van der Waals surface area contributed by atoms with Crippen LogP contribution in [0.1, 0.15) is 12.6 Å². The molecule has 0 unspecified atom stereocenters. The van der Waals surface area contributed by atoms with Gasteiger partial charge in [-0.05, 0) is 12.1 Å². The van der Waals surface area contributed by atoms with Gasteiger partial charge in [0.2, 0.25) is 12.4 Å². The number of amides is 1. The van der Waals surface area contributed by atoms with Gasteiger partial charge in [0.1, 0.15) is 24.0 Å². The minimum atomic E-state index is -1.79. The van der Waals surface area contributed by atoms with Crippen molar-refractivity contribution >= 4 is 23.4 Å². The fourth-order valence-electron chi connectivity index (χ4n) is 2.76. The van der Waals surface area contributed by atoms with Gasteiger partial charge in [-0.2, -0.15) is 10.4 Å². The maximum atomic E-state index is 11.8. The van der Waals surface area contributed by atoms with Crippen molar-refractivity contribution in [1.29, 1.82) is 5.26 Å². The number of carbonyl (C=O) groups is 2. The maximum Gasteiger partial charge on any atom is 0.415 e. The number of fused-ring (bicyclic) bond motifs is 1. The van der Waals surface area contributed by atoms with E-state index in [0.29, 0.717) is 5.52 Å². The molecule has 12 nitrogen and oxygen atoms in total. The lowest BCUT2D eigenvalue weighted by Crippen LogP contribution is -2.36. The SMILES string of the molecule is CC(=O)OCOC(=O)Nc1ncnn2c([C@]3(C#N)O[C@@H](CO)[CH][C@H]3O)ccc12. The van der Waals surface area contributed by atoms with Gasteiger partial charge in [-0.3, -0.25) is 10.1 Å². The van der Waals surface area contributed by atoms with Crippen molar-refractivity contribution < 1.29 is 34.0 Å². The summed E-state index contributed by atoms with van der Waals surface area (Å²) < 4.78 is 16.0. The number of esters is 1. The summed E-state index contributed by atoms with van der Waals surface area (Å²) in [6.45, 7) is 0.200. The Hall–Kier alpha value is -3.27. The molecular weight excluding hydrogens is 374 g/mol. The van der Waals surface area contributed by atoms with E-state index in [1.54, 1.807) is 0 Å². The molecule has 28 heavy (non-hydrogen) atoms. The van der Waals surface area contributed by atoms with Crippen molar-refractivity contribution in [2.75, 3.05) is 18.7 Å². The molecule has 2 aromatic rings. The average molecular weight is 390 g/mol. The maximum absolute atomic E-state index is 11.8. The highest BCUT2D eigenvalue weighted by atomic mass is 16.7. The molecule has 12 heteroatoms. The van der Waals surface area contributed by atoms with Crippen LogP contribution < -0.4 is 5.32 Å². The Morgan fingerprint density at radius 3 is 2.89 bits per heavy atom. The fraction of sp³-hybridized carbons (Fsp3) is 0.375. The number of hydrogen-bond acceptors (Lipinski definition) is 10. The number of carbonyl (C=O) groups excluding carboxylic acids is 2. The van der Waals surface area contributed by atoms with E-state index in [9.17, 15) is 25.1 Å². The van der Waals surface area contributed by atoms with E-state index < -0.39 is 43.3 Å². The van der Waals surface area contributed by atoms with Crippen molar-refractivity contribution in [1.82, 2.24) is 14.6 Å². The minimum Gasteiger partial charge on any atom is -0.428 e. The summed E-state index contributed by atoms with van der Waals surface area (Å²) in [4.78, 5) is 26.4. The molecule has 1 amide bonds. The van der Waals surface area contributed by atoms with Crippen LogP contribution in [0.2, 0.25) is 0 Å². The Kier molecular flexibility index (Phi) is 5.41. The highest BCUT2D eigenvalue weighted by molar-refractivity contribution is 5.88. The van der Waals surface area contributed by atoms with Crippen molar-refractivity contribution in [3.05, 3.63) is 30.6 Å². The summed E-state index contributed by atoms with van der Waals surface area (Å²) in [7, 11) is 0. The number of rotatable bonds is 5. The summed E-state index contributed by atoms with van der Waals surface area (Å²) in [5.74, 6) is -0.555. The van der Waals surface area contributed by atoms with Crippen molar-refractivity contribution in [3.8, 4) is 6.07 Å². The summed E-state index contributed by atoms with van der Waals surface area (Å²) in [6.07, 6.45) is -0.623. The zero-order valence-electron chi connectivity index (χ0n) is 14.6. The lowest BCUT2D eigenvalue weighted by Gasteiger charge is -2.24. The highest BCUT2D eigenvalue weighted by Gasteiger charge is 2.52. The highest BCUT2D eigenvalue weighted by Crippen LogP contribution is 2.39. The first-order chi connectivity index (χ1) is 13.4. The summed E-state index contributed by atoms with van der Waals surface area (Å²) >= 11 is 0. The van der Waals surface area contributed by atoms with E-state index in [4.69, 9.17) is 4.74 Å². The molecule has 1 aliphatic rings. The number of nitrogens with one attached hydrogen (secondary N) is 1. The summed E-state index contributed by atoms with van der Waals surface area (Å²) in [5.41, 5.74) is -1.32. The molecule has 0 aromatic carbocycles. The molecule has 1 radical (unpaired) electrons. The first-order valence-corrected chi connectivity index (χ1v) is 8.04. The Bertz CT molecular complexity index is 939. The molecule has 1 fully saturated rings. The van der Waals surface area contributed by atoms with Gasteiger partial charge in [-0.15, -0.1) is 0 Å². The summed E-state index contributed by atoms with van der Waals surface area (Å²) in [6, 6.07) is 4.93. The van der Waals surface area contributed by atoms with Crippen molar-refractivity contribution in [2.24, 2.45) is 0 Å². The van der Waals surface area contributed by atoms with Gasteiger partial charge in [-0.25, -0.2) is 14.3 Å². The minimum absolute atomic E-state index is 0.0531. The number of aliphatic hydroxyl groups is 2. The van der Waals surface area contributed by atoms with Crippen LogP contribution >= 0.6 is 0 Å². The van der Waals surface area contributed by atoms with Crippen LogP contribution in [0.4, 0.5) is 10.6 Å². The first-order valence-electron chi connectivity index (χ1n) is 8.04. The third kappa shape index (κ3) is 3.46. The Morgan fingerprint density at radius 1 is 1.46 bits per heavy atom. The lowest BCUT2D eigenvalue weighted by molar-refractivity contribution is -0.148. The number of anilines is 1. The molecule has 3 atom stereocenters. The zero-order chi connectivity index (χ0) is 20.3. The standard InChI is InChI=1S/C16H16N5O7/c1-9(23)26-8-27-15(25)20-14-11-2-3-12(21(11)19-7-18-14)16(6-17)13(24)4-10(5-22)28-16/h2-4,7,10,13,22,24H,5,8H2,1H3,(H,18,19,20,25)/t10-,13-,16+/m1/s1. The van der Waals surface area contributed by atoms with Crippen LogP contribution in [-0.4, -0.2) is 62.5 Å². The van der Waals surface area contributed by atoms with E-state index >= 15 is 0 Å². The first kappa shape index (κ1) is 19.5. The lowest BCUT2D eigenvalue weighted by atomic mass is 9.94. The fourth-order valence-corrected chi connectivity index (χ4v) is 2.76. The second-order valence-corrected chi connectivity index (χ2v) is 5.76. The van der Waals surface area contributed by atoms with Crippen LogP contribution in [-0.2, 0) is 24.6 Å². The molecule has 0 saturated carbocycles. The molecule has 0 bridgehead atoms. The van der Waals surface area contributed by atoms with Gasteiger partial charge in [0, 0.05) is 13.3 Å². The zero-order valence-corrected chi connectivity index (χ0v) is 14.6. The Morgan fingerprint density at radius 2 is 2.25 bits per heavy atom. The van der Waals surface area contributed by atoms with Gasteiger partial charge < -0.3 is 24.4 Å². The van der Waals surface area contributed by atoms with Crippen LogP contribution in [0.5, 0.6) is 0 Å². The third-order valence-electron chi connectivity index (χ3n) is 4.00. The van der Waals surface area contributed by atoms with Gasteiger partial charge in [-0.1, -0.05) is 0 Å². The predicted molar refractivity (Wildman–Crippen MR) is 89.3 cm³/mol. The van der Waals surface area contributed by atoms with Crippen molar-refractivity contribution in [2.45, 2.75) is 24.7 Å². The average Bonchev–Trinajstić information content (AvgIpc) is 3.23. The second-order valence-electron chi connectivity index (χ2n) is 5.76. The predicted octanol–water partition coefficient (Wildman–Crippen LogP) is -0.526. The van der Waals surface area contributed by atoms with Crippen molar-refractivity contribution in [3.63, 3.8) is 0 Å². The topological polar surface area (TPSA) is 168 Å². The van der Waals surface area contributed by atoms with Gasteiger partial charge in [0.15, 0.2) is 5.82 Å². The number of aliphatic hydroxyl groups excluding tert-OH is 2. The third-order valence-corrected chi connectivity index (χ3v) is 4.00. The molecule has 0 spiro atoms. The normalized spacial score (nSPS) is 23.9. The molecule has 1 saturated heterocycles.